The fourth-order valence-electron chi connectivity index (χ4n) is 1.30. The summed E-state index contributed by atoms with van der Waals surface area (Å²) in [5, 5.41) is 1.67. The summed E-state index contributed by atoms with van der Waals surface area (Å²) in [4.78, 5) is 0. The van der Waals surface area contributed by atoms with Crippen molar-refractivity contribution in [1.29, 1.82) is 0 Å². The summed E-state index contributed by atoms with van der Waals surface area (Å²) in [7, 11) is -3.33. The molecule has 3 nitrogen and oxygen atoms in total. The van der Waals surface area contributed by atoms with Gasteiger partial charge in [-0.3, -0.25) is 0 Å². The maximum Gasteiger partial charge on any atom is 0.250 e. The van der Waals surface area contributed by atoms with Crippen molar-refractivity contribution in [2.24, 2.45) is 5.92 Å². The average molecular weight is 266 g/mol. The van der Waals surface area contributed by atoms with Gasteiger partial charge >= 0.3 is 0 Å². The predicted molar refractivity (Wildman–Crippen MR) is 61.9 cm³/mol. The van der Waals surface area contributed by atoms with Gasteiger partial charge in [0.2, 0.25) is 10.0 Å². The molecule has 1 fully saturated rings. The lowest BCUT2D eigenvalue weighted by molar-refractivity contribution is 0.578. The van der Waals surface area contributed by atoms with Crippen LogP contribution in [0, 0.1) is 5.92 Å². The van der Waals surface area contributed by atoms with Gasteiger partial charge in [0.15, 0.2) is 0 Å². The van der Waals surface area contributed by atoms with Gasteiger partial charge in [0.1, 0.15) is 4.21 Å². The van der Waals surface area contributed by atoms with Crippen molar-refractivity contribution in [2.45, 2.75) is 22.4 Å². The molecule has 0 saturated heterocycles. The Morgan fingerprint density at radius 2 is 2.33 bits per heavy atom. The Morgan fingerprint density at radius 3 is 2.87 bits per heavy atom. The highest BCUT2D eigenvalue weighted by atomic mass is 35.5. The smallest absolute Gasteiger partial charge is 0.209 e. The molecule has 1 aliphatic carbocycles. The molecule has 0 aromatic carbocycles. The van der Waals surface area contributed by atoms with E-state index >= 15 is 0 Å². The molecule has 84 valence electrons. The van der Waals surface area contributed by atoms with Crippen molar-refractivity contribution in [3.63, 3.8) is 0 Å². The Hall–Kier alpha value is -0.100. The number of nitrogens with one attached hydrogen (secondary N) is 1. The minimum absolute atomic E-state index is 0.0697. The van der Waals surface area contributed by atoms with Crippen LogP contribution in [0.5, 0.6) is 0 Å². The van der Waals surface area contributed by atoms with Crippen LogP contribution in [0.3, 0.4) is 0 Å². The zero-order chi connectivity index (χ0) is 10.9. The minimum Gasteiger partial charge on any atom is -0.209 e. The lowest BCUT2D eigenvalue weighted by atomic mass is 10.3. The summed E-state index contributed by atoms with van der Waals surface area (Å²) in [6.45, 7) is 0.326. The van der Waals surface area contributed by atoms with Gasteiger partial charge in [-0.1, -0.05) is 6.07 Å². The van der Waals surface area contributed by atoms with E-state index in [2.05, 4.69) is 4.72 Å². The Bertz CT molecular complexity index is 411. The van der Waals surface area contributed by atoms with E-state index in [1.807, 2.05) is 0 Å². The number of hydrogen-bond acceptors (Lipinski definition) is 3. The van der Waals surface area contributed by atoms with Crippen LogP contribution in [0.15, 0.2) is 21.7 Å². The van der Waals surface area contributed by atoms with E-state index in [0.717, 1.165) is 12.8 Å². The van der Waals surface area contributed by atoms with Gasteiger partial charge in [-0.25, -0.2) is 13.1 Å². The van der Waals surface area contributed by atoms with E-state index < -0.39 is 10.0 Å². The molecule has 2 rings (SSSR count). The van der Waals surface area contributed by atoms with Crippen molar-refractivity contribution in [3.05, 3.63) is 17.5 Å². The first-order valence-corrected chi connectivity index (χ1v) is 7.57. The second kappa shape index (κ2) is 4.41. The Labute approximate surface area is 98.5 Å². The summed E-state index contributed by atoms with van der Waals surface area (Å²) in [6, 6.07) is 3.31. The second-order valence-corrected chi connectivity index (χ2v) is 7.14. The van der Waals surface area contributed by atoms with E-state index in [4.69, 9.17) is 11.6 Å². The lowest BCUT2D eigenvalue weighted by Gasteiger charge is -2.08. The Morgan fingerprint density at radius 1 is 1.60 bits per heavy atom. The minimum atomic E-state index is -3.33. The maximum absolute atomic E-state index is 11.7. The lowest BCUT2D eigenvalue weighted by Crippen LogP contribution is -2.30. The van der Waals surface area contributed by atoms with Gasteiger partial charge in [-0.2, -0.15) is 0 Å². The third kappa shape index (κ3) is 2.93. The maximum atomic E-state index is 11.7. The van der Waals surface area contributed by atoms with Crippen LogP contribution >= 0.6 is 22.9 Å². The van der Waals surface area contributed by atoms with E-state index in [0.29, 0.717) is 16.7 Å². The number of halogens is 1. The highest BCUT2D eigenvalue weighted by Crippen LogP contribution is 2.35. The molecular weight excluding hydrogens is 254 g/mol. The van der Waals surface area contributed by atoms with Crippen LogP contribution in [0.25, 0.3) is 0 Å². The normalized spacial score (nSPS) is 19.0. The Kier molecular flexibility index (Phi) is 3.35. The molecule has 0 amide bonds. The summed E-state index contributed by atoms with van der Waals surface area (Å²) in [5.41, 5.74) is 0. The topological polar surface area (TPSA) is 46.2 Å². The van der Waals surface area contributed by atoms with Crippen LogP contribution in [-0.2, 0) is 10.0 Å². The van der Waals surface area contributed by atoms with Crippen molar-refractivity contribution in [3.8, 4) is 0 Å². The SMILES string of the molecule is O=S(=O)(NCC(Cl)C1CC1)c1cccs1. The van der Waals surface area contributed by atoms with Crippen molar-refractivity contribution in [2.75, 3.05) is 6.54 Å². The number of thiophene rings is 1. The first-order chi connectivity index (χ1) is 7.09. The van der Waals surface area contributed by atoms with Crippen LogP contribution in [0.2, 0.25) is 0 Å². The molecular formula is C9H12ClNO2S2. The summed E-state index contributed by atoms with van der Waals surface area (Å²) < 4.78 is 26.2. The molecule has 1 saturated carbocycles. The molecule has 15 heavy (non-hydrogen) atoms. The van der Waals surface area contributed by atoms with Crippen LogP contribution in [0.4, 0.5) is 0 Å². The van der Waals surface area contributed by atoms with Crippen molar-refractivity contribution in [1.82, 2.24) is 4.72 Å². The summed E-state index contributed by atoms with van der Waals surface area (Å²) >= 11 is 7.23. The average Bonchev–Trinajstić information content (AvgIpc) is 2.89. The van der Waals surface area contributed by atoms with Gasteiger partial charge in [-0.15, -0.1) is 22.9 Å². The standard InChI is InChI=1S/C9H12ClNO2S2/c10-8(7-3-4-7)6-11-15(12,13)9-2-1-5-14-9/h1-2,5,7-8,11H,3-4,6H2. The van der Waals surface area contributed by atoms with Crippen LogP contribution in [-0.4, -0.2) is 20.3 Å². The van der Waals surface area contributed by atoms with E-state index in [1.165, 1.54) is 11.3 Å². The summed E-state index contributed by atoms with van der Waals surface area (Å²) in [5.74, 6) is 0.498. The molecule has 1 aromatic heterocycles. The van der Waals surface area contributed by atoms with Crippen LogP contribution < -0.4 is 4.72 Å². The van der Waals surface area contributed by atoms with Gasteiger partial charge in [-0.05, 0) is 30.2 Å². The molecule has 1 N–H and O–H groups in total. The zero-order valence-electron chi connectivity index (χ0n) is 8.02. The third-order valence-electron chi connectivity index (χ3n) is 2.36. The van der Waals surface area contributed by atoms with Crippen LogP contribution in [0.1, 0.15) is 12.8 Å². The number of sulfonamides is 1. The molecule has 1 atom stereocenters. The number of rotatable bonds is 5. The first-order valence-electron chi connectivity index (χ1n) is 4.77. The highest BCUT2D eigenvalue weighted by molar-refractivity contribution is 7.91. The van der Waals surface area contributed by atoms with Gasteiger partial charge in [0.25, 0.3) is 0 Å². The predicted octanol–water partition coefficient (Wildman–Crippen LogP) is 2.04. The summed E-state index contributed by atoms with van der Waals surface area (Å²) in [6.07, 6.45) is 2.24. The largest absolute Gasteiger partial charge is 0.250 e. The van der Waals surface area contributed by atoms with Gasteiger partial charge in [0.05, 0.1) is 0 Å². The number of hydrogen-bond donors (Lipinski definition) is 1. The highest BCUT2D eigenvalue weighted by Gasteiger charge is 2.30. The van der Waals surface area contributed by atoms with E-state index in [9.17, 15) is 8.42 Å². The monoisotopic (exact) mass is 265 g/mol. The zero-order valence-corrected chi connectivity index (χ0v) is 10.4. The van der Waals surface area contributed by atoms with E-state index in [1.54, 1.807) is 17.5 Å². The van der Waals surface area contributed by atoms with Gasteiger partial charge < -0.3 is 0 Å². The Balaban J connectivity index is 1.93. The molecule has 1 heterocycles. The molecule has 1 aliphatic rings. The fourth-order valence-corrected chi connectivity index (χ4v) is 3.82. The molecule has 6 heteroatoms. The number of alkyl halides is 1. The van der Waals surface area contributed by atoms with Crippen molar-refractivity contribution >= 4 is 33.0 Å². The van der Waals surface area contributed by atoms with E-state index in [-0.39, 0.29) is 5.38 Å². The second-order valence-electron chi connectivity index (χ2n) is 3.64. The van der Waals surface area contributed by atoms with Crippen molar-refractivity contribution < 1.29 is 8.42 Å². The third-order valence-corrected chi connectivity index (χ3v) is 5.69. The first kappa shape index (κ1) is 11.4. The molecule has 0 aliphatic heterocycles. The molecule has 0 bridgehead atoms. The van der Waals surface area contributed by atoms with Gasteiger partial charge in [0, 0.05) is 11.9 Å². The fraction of sp³-hybridized carbons (Fsp3) is 0.556. The molecule has 0 spiro atoms. The quantitative estimate of drug-likeness (QED) is 0.829. The molecule has 1 unspecified atom stereocenters. The molecule has 0 radical (unpaired) electrons. The molecule has 1 aromatic rings.